The number of rotatable bonds is 4. The number of benzene rings is 1. The van der Waals surface area contributed by atoms with Crippen molar-refractivity contribution in [2.75, 3.05) is 14.2 Å². The van der Waals surface area contributed by atoms with Gasteiger partial charge in [0, 0.05) is 11.1 Å². The summed E-state index contributed by atoms with van der Waals surface area (Å²) in [4.78, 5) is 0. The molecule has 0 unspecified atom stereocenters. The summed E-state index contributed by atoms with van der Waals surface area (Å²) >= 11 is 0. The van der Waals surface area contributed by atoms with Crippen LogP contribution in [0.1, 0.15) is 43.7 Å². The van der Waals surface area contributed by atoms with Crippen molar-refractivity contribution in [3.8, 4) is 11.5 Å². The van der Waals surface area contributed by atoms with Crippen molar-refractivity contribution in [1.29, 1.82) is 0 Å². The molecule has 2 N–H and O–H groups in total. The van der Waals surface area contributed by atoms with E-state index in [2.05, 4.69) is 19.9 Å². The lowest BCUT2D eigenvalue weighted by atomic mass is 9.95. The Balaban J connectivity index is 2.57. The average Bonchev–Trinajstić information content (AvgIpc) is 3.06. The molecule has 1 aliphatic carbocycles. The maximum Gasteiger partial charge on any atom is 0.165 e. The Hall–Kier alpha value is -1.22. The molecule has 0 bridgehead atoms. The van der Waals surface area contributed by atoms with Gasteiger partial charge < -0.3 is 15.2 Å². The molecule has 0 aromatic heterocycles. The minimum Gasteiger partial charge on any atom is -0.493 e. The number of nitrogens with two attached hydrogens (primary N) is 1. The predicted octanol–water partition coefficient (Wildman–Crippen LogP) is 2.78. The highest BCUT2D eigenvalue weighted by Crippen LogP contribution is 2.50. The van der Waals surface area contributed by atoms with E-state index in [9.17, 15) is 0 Å². The van der Waals surface area contributed by atoms with Crippen molar-refractivity contribution in [2.45, 2.75) is 38.1 Å². The second-order valence-corrected chi connectivity index (χ2v) is 5.11. The Labute approximate surface area is 103 Å². The molecule has 1 aliphatic rings. The minimum absolute atomic E-state index is 0.205. The maximum absolute atomic E-state index is 6.30. The molecular formula is C14H21NO2. The van der Waals surface area contributed by atoms with Crippen molar-refractivity contribution in [1.82, 2.24) is 0 Å². The largest absolute Gasteiger partial charge is 0.493 e. The standard InChI is InChI=1S/C14H21NO2/c1-9(2)10-7-11(14(15)5-6-14)13(17-4)12(8-10)16-3/h7-9H,5-6,15H2,1-4H3. The van der Waals surface area contributed by atoms with Gasteiger partial charge >= 0.3 is 0 Å². The second kappa shape index (κ2) is 4.22. The third-order valence-corrected chi connectivity index (χ3v) is 3.49. The van der Waals surface area contributed by atoms with Crippen LogP contribution >= 0.6 is 0 Å². The number of hydrogen-bond donors (Lipinski definition) is 1. The monoisotopic (exact) mass is 235 g/mol. The summed E-state index contributed by atoms with van der Waals surface area (Å²) in [6.07, 6.45) is 2.04. The smallest absolute Gasteiger partial charge is 0.165 e. The summed E-state index contributed by atoms with van der Waals surface area (Å²) in [6.45, 7) is 4.34. The molecule has 3 nitrogen and oxygen atoms in total. The van der Waals surface area contributed by atoms with Crippen molar-refractivity contribution in [3.63, 3.8) is 0 Å². The Morgan fingerprint density at radius 2 is 1.82 bits per heavy atom. The summed E-state index contributed by atoms with van der Waals surface area (Å²) in [6, 6.07) is 4.21. The maximum atomic E-state index is 6.30. The van der Waals surface area contributed by atoms with E-state index in [1.165, 1.54) is 5.56 Å². The average molecular weight is 235 g/mol. The van der Waals surface area contributed by atoms with E-state index in [1.54, 1.807) is 14.2 Å². The van der Waals surface area contributed by atoms with Crippen molar-refractivity contribution in [2.24, 2.45) is 5.73 Å². The molecule has 1 aromatic rings. The fourth-order valence-electron chi connectivity index (χ4n) is 2.09. The quantitative estimate of drug-likeness (QED) is 0.872. The SMILES string of the molecule is COc1cc(C(C)C)cc(C2(N)CC2)c1OC. The summed E-state index contributed by atoms with van der Waals surface area (Å²) in [7, 11) is 3.34. The van der Waals surface area contributed by atoms with Gasteiger partial charge in [0.1, 0.15) is 0 Å². The zero-order chi connectivity index (χ0) is 12.6. The van der Waals surface area contributed by atoms with Crippen LogP contribution in [-0.4, -0.2) is 14.2 Å². The first-order chi connectivity index (χ1) is 8.01. The highest BCUT2D eigenvalue weighted by Gasteiger charge is 2.43. The molecule has 1 aromatic carbocycles. The Morgan fingerprint density at radius 3 is 2.24 bits per heavy atom. The Bertz CT molecular complexity index is 422. The lowest BCUT2D eigenvalue weighted by Crippen LogP contribution is -2.20. The Kier molecular flexibility index (Phi) is 3.04. The summed E-state index contributed by atoms with van der Waals surface area (Å²) in [5.41, 5.74) is 8.43. The molecule has 1 fully saturated rings. The first kappa shape index (κ1) is 12.2. The molecule has 0 aliphatic heterocycles. The third-order valence-electron chi connectivity index (χ3n) is 3.49. The van der Waals surface area contributed by atoms with Gasteiger partial charge in [-0.15, -0.1) is 0 Å². The lowest BCUT2D eigenvalue weighted by Gasteiger charge is -2.20. The predicted molar refractivity (Wildman–Crippen MR) is 68.7 cm³/mol. The van der Waals surface area contributed by atoms with Crippen molar-refractivity contribution < 1.29 is 9.47 Å². The molecule has 1 saturated carbocycles. The fourth-order valence-corrected chi connectivity index (χ4v) is 2.09. The van der Waals surface area contributed by atoms with Crippen molar-refractivity contribution >= 4 is 0 Å². The van der Waals surface area contributed by atoms with E-state index >= 15 is 0 Å². The highest BCUT2D eigenvalue weighted by atomic mass is 16.5. The van der Waals surface area contributed by atoms with Gasteiger partial charge in [0.05, 0.1) is 14.2 Å². The summed E-state index contributed by atoms with van der Waals surface area (Å²) in [5.74, 6) is 2.03. The van der Waals surface area contributed by atoms with Crippen LogP contribution in [-0.2, 0) is 5.54 Å². The van der Waals surface area contributed by atoms with E-state index in [4.69, 9.17) is 15.2 Å². The van der Waals surface area contributed by atoms with Gasteiger partial charge in [0.15, 0.2) is 11.5 Å². The van der Waals surface area contributed by atoms with Gasteiger partial charge in [-0.2, -0.15) is 0 Å². The molecule has 0 saturated heterocycles. The van der Waals surface area contributed by atoms with E-state index in [0.717, 1.165) is 29.9 Å². The molecular weight excluding hydrogens is 214 g/mol. The molecule has 3 heteroatoms. The van der Waals surface area contributed by atoms with Gasteiger partial charge in [-0.1, -0.05) is 13.8 Å². The Morgan fingerprint density at radius 1 is 1.18 bits per heavy atom. The molecule has 17 heavy (non-hydrogen) atoms. The van der Waals surface area contributed by atoms with Crippen LogP contribution in [0.4, 0.5) is 0 Å². The summed E-state index contributed by atoms with van der Waals surface area (Å²) < 4.78 is 10.9. The molecule has 0 atom stereocenters. The van der Waals surface area contributed by atoms with Crippen LogP contribution in [0.2, 0.25) is 0 Å². The van der Waals surface area contributed by atoms with Gasteiger partial charge in [-0.05, 0) is 36.5 Å². The molecule has 0 heterocycles. The molecule has 0 amide bonds. The van der Waals surface area contributed by atoms with Crippen LogP contribution in [0.25, 0.3) is 0 Å². The van der Waals surface area contributed by atoms with E-state index in [-0.39, 0.29) is 5.54 Å². The first-order valence-electron chi connectivity index (χ1n) is 6.07. The van der Waals surface area contributed by atoms with Gasteiger partial charge in [-0.3, -0.25) is 0 Å². The zero-order valence-corrected chi connectivity index (χ0v) is 11.0. The van der Waals surface area contributed by atoms with Crippen LogP contribution in [0.5, 0.6) is 11.5 Å². The molecule has 94 valence electrons. The minimum atomic E-state index is -0.205. The first-order valence-corrected chi connectivity index (χ1v) is 6.07. The normalized spacial score (nSPS) is 17.1. The highest BCUT2D eigenvalue weighted by molar-refractivity contribution is 5.54. The van der Waals surface area contributed by atoms with Gasteiger partial charge in [-0.25, -0.2) is 0 Å². The second-order valence-electron chi connectivity index (χ2n) is 5.11. The number of methoxy groups -OCH3 is 2. The van der Waals surface area contributed by atoms with Crippen LogP contribution < -0.4 is 15.2 Å². The van der Waals surface area contributed by atoms with Gasteiger partial charge in [0.2, 0.25) is 0 Å². The van der Waals surface area contributed by atoms with Crippen LogP contribution in [0, 0.1) is 0 Å². The summed E-state index contributed by atoms with van der Waals surface area (Å²) in [5, 5.41) is 0. The van der Waals surface area contributed by atoms with Crippen molar-refractivity contribution in [3.05, 3.63) is 23.3 Å². The fraction of sp³-hybridized carbons (Fsp3) is 0.571. The van der Waals surface area contributed by atoms with E-state index < -0.39 is 0 Å². The van der Waals surface area contributed by atoms with Crippen LogP contribution in [0.15, 0.2) is 12.1 Å². The third kappa shape index (κ3) is 2.12. The zero-order valence-electron chi connectivity index (χ0n) is 11.0. The van der Waals surface area contributed by atoms with Gasteiger partial charge in [0.25, 0.3) is 0 Å². The molecule has 0 spiro atoms. The number of ether oxygens (including phenoxy) is 2. The van der Waals surface area contributed by atoms with E-state index in [1.807, 2.05) is 6.07 Å². The van der Waals surface area contributed by atoms with Crippen LogP contribution in [0.3, 0.4) is 0 Å². The molecule has 2 rings (SSSR count). The lowest BCUT2D eigenvalue weighted by molar-refractivity contribution is 0.348. The van der Waals surface area contributed by atoms with E-state index in [0.29, 0.717) is 5.92 Å². The number of hydrogen-bond acceptors (Lipinski definition) is 3. The topological polar surface area (TPSA) is 44.5 Å². The molecule has 0 radical (unpaired) electrons.